The number of aliphatic hydroxyl groups is 3. The monoisotopic (exact) mass is 355 g/mol. The van der Waals surface area contributed by atoms with Crippen molar-refractivity contribution in [3.05, 3.63) is 16.7 Å². The zero-order valence-corrected chi connectivity index (χ0v) is 12.9. The third-order valence-electron chi connectivity index (χ3n) is 4.27. The number of nitrogens with zero attached hydrogens (tertiary/aromatic N) is 4. The Hall–Kier alpha value is -2.09. The Bertz CT molecular complexity index is 845. The molecule has 2 fully saturated rings. The van der Waals surface area contributed by atoms with Crippen LogP contribution >= 0.6 is 0 Å². The van der Waals surface area contributed by atoms with Gasteiger partial charge < -0.3 is 35.3 Å². The maximum absolute atomic E-state index is 12.1. The number of fused-ring (bicyclic) bond motifs is 1. The van der Waals surface area contributed by atoms with E-state index in [1.807, 2.05) is 0 Å². The molecule has 2 unspecified atom stereocenters. The zero-order valence-electron chi connectivity index (χ0n) is 12.9. The number of nitrogen functional groups attached to an aromatic ring is 1. The number of aromatic nitrogens is 4. The van der Waals surface area contributed by atoms with E-state index >= 15 is 0 Å². The fourth-order valence-electron chi connectivity index (χ4n) is 3.06. The largest absolute Gasteiger partial charge is 0.394 e. The summed E-state index contributed by atoms with van der Waals surface area (Å²) in [6.45, 7) is 0.187. The predicted molar refractivity (Wildman–Crippen MR) is 80.2 cm³/mol. The van der Waals surface area contributed by atoms with E-state index in [4.69, 9.17) is 19.9 Å². The number of aliphatic hydroxyl groups excluding tert-OH is 3. The fraction of sp³-hybridized carbons (Fsp3) is 0.615. The van der Waals surface area contributed by atoms with E-state index in [-0.39, 0.29) is 17.1 Å². The average Bonchev–Trinajstić information content (AvgIpc) is 3.30. The Balaban J connectivity index is 1.89. The van der Waals surface area contributed by atoms with Crippen LogP contribution in [0.3, 0.4) is 0 Å². The summed E-state index contributed by atoms with van der Waals surface area (Å²) >= 11 is 0. The summed E-state index contributed by atoms with van der Waals surface area (Å²) in [5, 5.41) is 29.5. The minimum absolute atomic E-state index is 0.0222. The normalized spacial score (nSPS) is 30.5. The Kier molecular flexibility index (Phi) is 3.94. The molecule has 0 aliphatic carbocycles. The second-order valence-corrected chi connectivity index (χ2v) is 5.75. The smallest absolute Gasteiger partial charge is 0.302 e. The van der Waals surface area contributed by atoms with Crippen LogP contribution in [0, 0.1) is 0 Å². The van der Waals surface area contributed by atoms with E-state index in [0.29, 0.717) is 13.2 Å². The van der Waals surface area contributed by atoms with Crippen molar-refractivity contribution in [2.75, 3.05) is 25.6 Å². The molecule has 0 spiro atoms. The van der Waals surface area contributed by atoms with Crippen molar-refractivity contribution < 1.29 is 29.5 Å². The second kappa shape index (κ2) is 6.01. The lowest BCUT2D eigenvalue weighted by atomic mass is 10.1. The van der Waals surface area contributed by atoms with Gasteiger partial charge in [-0.15, -0.1) is 0 Å². The number of imidazole rings is 1. The maximum atomic E-state index is 12.1. The number of rotatable bonds is 3. The van der Waals surface area contributed by atoms with E-state index in [9.17, 15) is 20.1 Å². The van der Waals surface area contributed by atoms with E-state index in [2.05, 4.69) is 9.97 Å². The van der Waals surface area contributed by atoms with Gasteiger partial charge in [0.15, 0.2) is 17.4 Å². The molecule has 2 aromatic heterocycles. The Morgan fingerprint density at radius 2 is 2.00 bits per heavy atom. The lowest BCUT2D eigenvalue weighted by Crippen LogP contribution is -2.33. The number of hydrogen-bond acceptors (Lipinski definition) is 10. The predicted octanol–water partition coefficient (Wildman–Crippen LogP) is -2.71. The third-order valence-corrected chi connectivity index (χ3v) is 4.27. The molecule has 136 valence electrons. The summed E-state index contributed by atoms with van der Waals surface area (Å²) in [5.74, 6) is -0.155. The molecule has 5 N–H and O–H groups in total. The average molecular weight is 355 g/mol. The summed E-state index contributed by atoms with van der Waals surface area (Å²) in [6.07, 6.45) is -4.37. The van der Waals surface area contributed by atoms with Crippen LogP contribution in [-0.2, 0) is 14.2 Å². The molecule has 2 aliphatic rings. The quantitative estimate of drug-likeness (QED) is 0.454. The van der Waals surface area contributed by atoms with Crippen molar-refractivity contribution in [1.82, 2.24) is 19.1 Å². The van der Waals surface area contributed by atoms with Crippen LogP contribution in [0.25, 0.3) is 11.2 Å². The van der Waals surface area contributed by atoms with Crippen molar-refractivity contribution in [3.63, 3.8) is 0 Å². The molecule has 4 heterocycles. The van der Waals surface area contributed by atoms with Gasteiger partial charge in [0.05, 0.1) is 26.1 Å². The van der Waals surface area contributed by atoms with E-state index in [1.165, 1.54) is 15.5 Å². The lowest BCUT2D eigenvalue weighted by Gasteiger charge is -2.21. The Labute approximate surface area is 140 Å². The molecule has 0 amide bonds. The van der Waals surface area contributed by atoms with Gasteiger partial charge in [0, 0.05) is 0 Å². The molecule has 0 radical (unpaired) electrons. The first-order valence-electron chi connectivity index (χ1n) is 7.63. The number of hydrogen-bond donors (Lipinski definition) is 4. The van der Waals surface area contributed by atoms with Crippen LogP contribution in [0.5, 0.6) is 0 Å². The molecule has 0 aromatic carbocycles. The van der Waals surface area contributed by atoms with Gasteiger partial charge in [-0.1, -0.05) is 0 Å². The van der Waals surface area contributed by atoms with Gasteiger partial charge in [-0.05, 0) is 0 Å². The molecule has 2 aliphatic heterocycles. The number of anilines is 1. The Morgan fingerprint density at radius 3 is 2.64 bits per heavy atom. The minimum atomic E-state index is -1.35. The summed E-state index contributed by atoms with van der Waals surface area (Å²) in [6, 6.07) is 0. The van der Waals surface area contributed by atoms with E-state index < -0.39 is 43.1 Å². The molecular formula is C13H17N5O7. The first kappa shape index (κ1) is 16.4. The molecule has 2 aromatic rings. The van der Waals surface area contributed by atoms with Crippen molar-refractivity contribution >= 4 is 17.1 Å². The lowest BCUT2D eigenvalue weighted by molar-refractivity contribution is -0.0992. The highest BCUT2D eigenvalue weighted by Gasteiger charge is 2.44. The fourth-order valence-corrected chi connectivity index (χ4v) is 3.06. The first-order valence-corrected chi connectivity index (χ1v) is 7.63. The molecule has 12 heteroatoms. The molecule has 0 bridgehead atoms. The standard InChI is InChI=1S/C13H17N5O7/c14-12-16-9(22)6-10(18(12)13-23-1-2-24-13)17(4-15-6)11-8(21)7(20)5(3-19)25-11/h4-5,7-8,11,13,19-21H,1-3H2,(H2,14,16,22)/t5-,7?,8?,11-/m1/s1. The molecule has 2 saturated heterocycles. The van der Waals surface area contributed by atoms with Gasteiger partial charge in [-0.3, -0.25) is 9.36 Å². The van der Waals surface area contributed by atoms with E-state index in [0.717, 1.165) is 0 Å². The highest BCUT2D eigenvalue weighted by molar-refractivity contribution is 5.72. The summed E-state index contributed by atoms with van der Waals surface area (Å²) in [4.78, 5) is 19.8. The summed E-state index contributed by atoms with van der Waals surface area (Å²) in [7, 11) is 0. The second-order valence-electron chi connectivity index (χ2n) is 5.75. The van der Waals surface area contributed by atoms with Crippen molar-refractivity contribution in [2.45, 2.75) is 31.0 Å². The van der Waals surface area contributed by atoms with Crippen molar-refractivity contribution in [3.8, 4) is 0 Å². The maximum Gasteiger partial charge on any atom is 0.302 e. The topological polar surface area (TPSA) is 167 Å². The van der Waals surface area contributed by atoms with Crippen LogP contribution in [0.4, 0.5) is 5.95 Å². The number of nitrogens with two attached hydrogens (primary N) is 1. The molecular weight excluding hydrogens is 338 g/mol. The van der Waals surface area contributed by atoms with Crippen LogP contribution in [0.1, 0.15) is 12.6 Å². The molecule has 25 heavy (non-hydrogen) atoms. The van der Waals surface area contributed by atoms with Crippen LogP contribution in [0.2, 0.25) is 0 Å². The summed E-state index contributed by atoms with van der Waals surface area (Å²) in [5.41, 5.74) is 5.35. The van der Waals surface area contributed by atoms with Gasteiger partial charge in [-0.2, -0.15) is 4.98 Å². The molecule has 4 atom stereocenters. The zero-order chi connectivity index (χ0) is 17.7. The highest BCUT2D eigenvalue weighted by Crippen LogP contribution is 2.33. The van der Waals surface area contributed by atoms with Gasteiger partial charge >= 0.3 is 5.56 Å². The molecule has 4 rings (SSSR count). The van der Waals surface area contributed by atoms with Gasteiger partial charge in [0.1, 0.15) is 18.3 Å². The van der Waals surface area contributed by atoms with Crippen LogP contribution in [0.15, 0.2) is 11.1 Å². The van der Waals surface area contributed by atoms with E-state index in [1.54, 1.807) is 0 Å². The molecule has 12 nitrogen and oxygen atoms in total. The Morgan fingerprint density at radius 1 is 1.28 bits per heavy atom. The highest BCUT2D eigenvalue weighted by atomic mass is 16.7. The summed E-state index contributed by atoms with van der Waals surface area (Å²) < 4.78 is 19.0. The van der Waals surface area contributed by atoms with Crippen LogP contribution < -0.4 is 11.3 Å². The van der Waals surface area contributed by atoms with Crippen molar-refractivity contribution in [2.24, 2.45) is 0 Å². The van der Waals surface area contributed by atoms with Crippen molar-refractivity contribution in [1.29, 1.82) is 0 Å². The SMILES string of the molecule is Nc1nc(=O)c2ncn([C@@H]3O[C@H](CO)C(O)C3O)c2n1C1OCCO1. The van der Waals surface area contributed by atoms with Gasteiger partial charge in [-0.25, -0.2) is 9.55 Å². The van der Waals surface area contributed by atoms with Gasteiger partial charge in [0.2, 0.25) is 12.4 Å². The third kappa shape index (κ3) is 2.42. The van der Waals surface area contributed by atoms with Crippen LogP contribution in [-0.4, -0.2) is 72.6 Å². The minimum Gasteiger partial charge on any atom is -0.394 e. The first-order chi connectivity index (χ1) is 12.0. The van der Waals surface area contributed by atoms with Gasteiger partial charge in [0.25, 0.3) is 0 Å². The molecule has 0 saturated carbocycles. The number of ether oxygens (including phenoxy) is 3.